The second kappa shape index (κ2) is 8.28. The Morgan fingerprint density at radius 3 is 2.55 bits per heavy atom. The van der Waals surface area contributed by atoms with Crippen molar-refractivity contribution in [3.63, 3.8) is 0 Å². The molecule has 1 aromatic rings. The number of hydrogen-bond acceptors (Lipinski definition) is 3. The van der Waals surface area contributed by atoms with Gasteiger partial charge in [-0.1, -0.05) is 26.0 Å². The molecule has 0 spiro atoms. The Kier molecular flexibility index (Phi) is 6.34. The quantitative estimate of drug-likeness (QED) is 0.711. The van der Waals surface area contributed by atoms with Gasteiger partial charge in [-0.2, -0.15) is 0 Å². The van der Waals surface area contributed by atoms with Crippen LogP contribution in [0.15, 0.2) is 24.3 Å². The van der Waals surface area contributed by atoms with Crippen molar-refractivity contribution in [3.05, 3.63) is 29.8 Å². The van der Waals surface area contributed by atoms with Crippen LogP contribution in [0.25, 0.3) is 0 Å². The summed E-state index contributed by atoms with van der Waals surface area (Å²) in [5.41, 5.74) is 1.31. The van der Waals surface area contributed by atoms with Crippen LogP contribution < -0.4 is 10.1 Å². The molecule has 0 amide bonds. The van der Waals surface area contributed by atoms with Gasteiger partial charge in [0.2, 0.25) is 0 Å². The Morgan fingerprint density at radius 2 is 1.95 bits per heavy atom. The second-order valence-electron chi connectivity index (χ2n) is 5.61. The van der Waals surface area contributed by atoms with Gasteiger partial charge in [-0.05, 0) is 49.5 Å². The number of benzene rings is 1. The third-order valence-corrected chi connectivity index (χ3v) is 3.84. The zero-order chi connectivity index (χ0) is 14.2. The fourth-order valence-corrected chi connectivity index (χ4v) is 2.31. The van der Waals surface area contributed by atoms with E-state index in [-0.39, 0.29) is 0 Å². The lowest BCUT2D eigenvalue weighted by Crippen LogP contribution is -2.30. The summed E-state index contributed by atoms with van der Waals surface area (Å²) < 4.78 is 5.84. The second-order valence-corrected chi connectivity index (χ2v) is 5.61. The first-order valence-electron chi connectivity index (χ1n) is 7.96. The molecule has 20 heavy (non-hydrogen) atoms. The van der Waals surface area contributed by atoms with Crippen molar-refractivity contribution in [1.82, 2.24) is 10.2 Å². The van der Waals surface area contributed by atoms with Crippen LogP contribution in [0, 0.1) is 5.92 Å². The molecule has 0 aromatic heterocycles. The summed E-state index contributed by atoms with van der Waals surface area (Å²) in [7, 11) is 0. The van der Waals surface area contributed by atoms with E-state index < -0.39 is 0 Å². The maximum Gasteiger partial charge on any atom is 0.119 e. The lowest BCUT2D eigenvalue weighted by atomic mass is 10.2. The zero-order valence-electron chi connectivity index (χ0n) is 12.9. The van der Waals surface area contributed by atoms with E-state index in [4.69, 9.17) is 4.74 Å². The van der Waals surface area contributed by atoms with Crippen molar-refractivity contribution in [2.75, 3.05) is 32.8 Å². The molecule has 3 nitrogen and oxygen atoms in total. The van der Waals surface area contributed by atoms with Gasteiger partial charge in [0, 0.05) is 19.6 Å². The lowest BCUT2D eigenvalue weighted by molar-refractivity contribution is 0.210. The van der Waals surface area contributed by atoms with Gasteiger partial charge in [-0.15, -0.1) is 0 Å². The number of likely N-dealkylation sites (N-methyl/N-ethyl adjacent to an activating group) is 1. The number of ether oxygens (including phenoxy) is 1. The minimum atomic E-state index is 0.785. The van der Waals surface area contributed by atoms with Gasteiger partial charge < -0.3 is 10.1 Å². The van der Waals surface area contributed by atoms with E-state index in [1.54, 1.807) is 0 Å². The third-order valence-electron chi connectivity index (χ3n) is 3.84. The van der Waals surface area contributed by atoms with Crippen LogP contribution in [0.2, 0.25) is 0 Å². The van der Waals surface area contributed by atoms with E-state index in [2.05, 4.69) is 48.3 Å². The molecule has 2 rings (SSSR count). The van der Waals surface area contributed by atoms with Crippen LogP contribution in [-0.4, -0.2) is 37.7 Å². The molecule has 1 aliphatic carbocycles. The summed E-state index contributed by atoms with van der Waals surface area (Å²) in [6.07, 6.45) is 2.84. The van der Waals surface area contributed by atoms with Crippen LogP contribution in [0.5, 0.6) is 5.75 Å². The molecule has 1 aliphatic rings. The molecule has 0 heterocycles. The average Bonchev–Trinajstić information content (AvgIpc) is 3.29. The highest BCUT2D eigenvalue weighted by Crippen LogP contribution is 2.29. The van der Waals surface area contributed by atoms with Crippen LogP contribution in [0.1, 0.15) is 32.3 Å². The van der Waals surface area contributed by atoms with Crippen molar-refractivity contribution in [2.24, 2.45) is 5.92 Å². The fraction of sp³-hybridized carbons (Fsp3) is 0.647. The van der Waals surface area contributed by atoms with E-state index in [0.29, 0.717) is 0 Å². The first-order chi connectivity index (χ1) is 9.81. The monoisotopic (exact) mass is 276 g/mol. The molecular weight excluding hydrogens is 248 g/mol. The van der Waals surface area contributed by atoms with Crippen molar-refractivity contribution in [2.45, 2.75) is 33.2 Å². The minimum Gasteiger partial charge on any atom is -0.492 e. The number of nitrogens with one attached hydrogen (secondary N) is 1. The number of rotatable bonds is 10. The largest absolute Gasteiger partial charge is 0.492 e. The van der Waals surface area contributed by atoms with E-state index in [1.165, 1.54) is 24.9 Å². The van der Waals surface area contributed by atoms with Crippen molar-refractivity contribution in [3.8, 4) is 5.75 Å². The van der Waals surface area contributed by atoms with Crippen LogP contribution >= 0.6 is 0 Å². The van der Waals surface area contributed by atoms with Gasteiger partial charge in [-0.25, -0.2) is 0 Å². The van der Waals surface area contributed by atoms with Crippen molar-refractivity contribution >= 4 is 0 Å². The molecule has 0 saturated heterocycles. The van der Waals surface area contributed by atoms with Gasteiger partial charge in [0.05, 0.1) is 0 Å². The van der Waals surface area contributed by atoms with Crippen molar-refractivity contribution in [1.29, 1.82) is 0 Å². The molecule has 112 valence electrons. The fourth-order valence-electron chi connectivity index (χ4n) is 2.31. The lowest BCUT2D eigenvalue weighted by Gasteiger charge is -2.20. The molecule has 3 heteroatoms. The average molecular weight is 276 g/mol. The first-order valence-corrected chi connectivity index (χ1v) is 7.96. The SMILES string of the molecule is CCNCc1ccc(OCCN(CC)CC2CC2)cc1. The Bertz CT molecular complexity index is 373. The number of hydrogen-bond donors (Lipinski definition) is 1. The van der Waals surface area contributed by atoms with Gasteiger partial charge in [0.25, 0.3) is 0 Å². The Labute approximate surface area is 123 Å². The van der Waals surface area contributed by atoms with Gasteiger partial charge in [-0.3, -0.25) is 4.90 Å². The van der Waals surface area contributed by atoms with Gasteiger partial charge >= 0.3 is 0 Å². The van der Waals surface area contributed by atoms with E-state index in [0.717, 1.165) is 44.5 Å². The molecule has 1 aromatic carbocycles. The Balaban J connectivity index is 1.67. The maximum atomic E-state index is 5.84. The highest BCUT2D eigenvalue weighted by molar-refractivity contribution is 5.27. The standard InChI is InChI=1S/C17H28N2O/c1-3-18-13-15-7-9-17(10-8-15)20-12-11-19(4-2)14-16-5-6-16/h7-10,16,18H,3-6,11-14H2,1-2H3. The highest BCUT2D eigenvalue weighted by atomic mass is 16.5. The predicted octanol–water partition coefficient (Wildman–Crippen LogP) is 2.91. The van der Waals surface area contributed by atoms with Gasteiger partial charge in [0.1, 0.15) is 12.4 Å². The van der Waals surface area contributed by atoms with Crippen LogP contribution in [-0.2, 0) is 6.54 Å². The molecule has 0 aliphatic heterocycles. The highest BCUT2D eigenvalue weighted by Gasteiger charge is 2.23. The molecule has 0 atom stereocenters. The summed E-state index contributed by atoms with van der Waals surface area (Å²) >= 11 is 0. The number of nitrogens with zero attached hydrogens (tertiary/aromatic N) is 1. The Hall–Kier alpha value is -1.06. The molecular formula is C17H28N2O. The Morgan fingerprint density at radius 1 is 1.20 bits per heavy atom. The van der Waals surface area contributed by atoms with E-state index in [1.807, 2.05) is 0 Å². The predicted molar refractivity (Wildman–Crippen MR) is 84.2 cm³/mol. The van der Waals surface area contributed by atoms with Crippen molar-refractivity contribution < 1.29 is 4.74 Å². The molecule has 1 N–H and O–H groups in total. The third kappa shape index (κ3) is 5.51. The summed E-state index contributed by atoms with van der Waals surface area (Å²) in [6.45, 7) is 10.5. The molecule has 0 radical (unpaired) electrons. The summed E-state index contributed by atoms with van der Waals surface area (Å²) in [4.78, 5) is 2.50. The van der Waals surface area contributed by atoms with Gasteiger partial charge in [0.15, 0.2) is 0 Å². The summed E-state index contributed by atoms with van der Waals surface area (Å²) in [5.74, 6) is 1.94. The summed E-state index contributed by atoms with van der Waals surface area (Å²) in [5, 5.41) is 3.33. The normalized spacial score (nSPS) is 14.8. The van der Waals surface area contributed by atoms with E-state index >= 15 is 0 Å². The summed E-state index contributed by atoms with van der Waals surface area (Å²) in [6, 6.07) is 8.42. The molecule has 0 unspecified atom stereocenters. The minimum absolute atomic E-state index is 0.785. The maximum absolute atomic E-state index is 5.84. The topological polar surface area (TPSA) is 24.5 Å². The van der Waals surface area contributed by atoms with Crippen LogP contribution in [0.4, 0.5) is 0 Å². The zero-order valence-corrected chi connectivity index (χ0v) is 12.9. The van der Waals surface area contributed by atoms with Crippen LogP contribution in [0.3, 0.4) is 0 Å². The molecule has 1 fully saturated rings. The smallest absolute Gasteiger partial charge is 0.119 e. The first kappa shape index (κ1) is 15.3. The molecule has 1 saturated carbocycles. The van der Waals surface area contributed by atoms with E-state index in [9.17, 15) is 0 Å². The molecule has 0 bridgehead atoms.